The van der Waals surface area contributed by atoms with E-state index in [9.17, 15) is 9.18 Å². The number of benzene rings is 1. The highest BCUT2D eigenvalue weighted by molar-refractivity contribution is 9.10. The van der Waals surface area contributed by atoms with E-state index in [1.807, 2.05) is 32.3 Å². The molecule has 1 heterocycles. The number of carbonyl (C=O) groups is 1. The summed E-state index contributed by atoms with van der Waals surface area (Å²) in [7, 11) is 0. The molecule has 0 amide bonds. The predicted octanol–water partition coefficient (Wildman–Crippen LogP) is 3.98. The number of aromatic nitrogens is 2. The molecule has 0 aliphatic carbocycles. The van der Waals surface area contributed by atoms with E-state index in [1.165, 1.54) is 12.1 Å². The number of aryl methyl sites for hydroxylation is 2. The Kier molecular flexibility index (Phi) is 4.37. The highest BCUT2D eigenvalue weighted by Gasteiger charge is 2.18. The number of carbonyl (C=O) groups excluding carboxylic acids is 1. The third-order valence-corrected chi connectivity index (χ3v) is 3.51. The van der Waals surface area contributed by atoms with Crippen LogP contribution < -0.4 is 0 Å². The Labute approximate surface area is 131 Å². The molecule has 0 atom stereocenters. The summed E-state index contributed by atoms with van der Waals surface area (Å²) in [5.41, 5.74) is 0.869. The van der Waals surface area contributed by atoms with E-state index in [-0.39, 0.29) is 18.2 Å². The van der Waals surface area contributed by atoms with Crippen LogP contribution in [0.1, 0.15) is 33.0 Å². The molecule has 4 nitrogen and oxygen atoms in total. The van der Waals surface area contributed by atoms with E-state index in [1.54, 1.807) is 0 Å². The van der Waals surface area contributed by atoms with Gasteiger partial charge in [-0.3, -0.25) is 4.79 Å². The Bertz CT molecular complexity index is 689. The van der Waals surface area contributed by atoms with Crippen molar-refractivity contribution in [1.82, 2.24) is 9.55 Å². The van der Waals surface area contributed by atoms with Crippen molar-refractivity contribution in [2.24, 2.45) is 0 Å². The summed E-state index contributed by atoms with van der Waals surface area (Å²) < 4.78 is 21.2. The summed E-state index contributed by atoms with van der Waals surface area (Å²) in [5.74, 6) is 0.132. The fourth-order valence-electron chi connectivity index (χ4n) is 2.17. The lowest BCUT2D eigenvalue weighted by Gasteiger charge is -2.19. The van der Waals surface area contributed by atoms with E-state index >= 15 is 0 Å². The van der Waals surface area contributed by atoms with Crippen molar-refractivity contribution in [3.8, 4) is 0 Å². The first-order valence-electron chi connectivity index (χ1n) is 6.71. The molecule has 0 spiro atoms. The average molecular weight is 357 g/mol. The molecule has 1 aromatic carbocycles. The summed E-state index contributed by atoms with van der Waals surface area (Å²) in [6.07, 6.45) is 0.243. The van der Waals surface area contributed by atoms with Crippen molar-refractivity contribution in [1.29, 1.82) is 0 Å². The summed E-state index contributed by atoms with van der Waals surface area (Å²) in [6, 6.07) is 2.78. The second kappa shape index (κ2) is 5.75. The van der Waals surface area contributed by atoms with Crippen LogP contribution in [0.3, 0.4) is 0 Å². The fourth-order valence-corrected chi connectivity index (χ4v) is 2.81. The Morgan fingerprint density at radius 3 is 2.71 bits per heavy atom. The largest absolute Gasteiger partial charge is 0.460 e. The fraction of sp³-hybridized carbons (Fsp3) is 0.467. The third-order valence-electron chi connectivity index (χ3n) is 2.91. The van der Waals surface area contributed by atoms with Crippen molar-refractivity contribution in [3.05, 3.63) is 28.2 Å². The maximum atomic E-state index is 13.4. The number of halogens is 2. The van der Waals surface area contributed by atoms with E-state index in [0.29, 0.717) is 16.5 Å². The van der Waals surface area contributed by atoms with Crippen LogP contribution in [0, 0.1) is 12.7 Å². The molecule has 0 N–H and O–H groups in total. The Morgan fingerprint density at radius 2 is 2.10 bits per heavy atom. The van der Waals surface area contributed by atoms with Gasteiger partial charge < -0.3 is 9.30 Å². The molecular weight excluding hydrogens is 339 g/mol. The van der Waals surface area contributed by atoms with Crippen LogP contribution in [0.4, 0.5) is 4.39 Å². The monoisotopic (exact) mass is 356 g/mol. The van der Waals surface area contributed by atoms with Crippen LogP contribution in [0.2, 0.25) is 0 Å². The lowest BCUT2D eigenvalue weighted by atomic mass is 10.2. The van der Waals surface area contributed by atoms with Crippen LogP contribution in [0.25, 0.3) is 11.0 Å². The van der Waals surface area contributed by atoms with Gasteiger partial charge in [-0.15, -0.1) is 0 Å². The molecule has 2 rings (SSSR count). The first-order valence-corrected chi connectivity index (χ1v) is 7.50. The molecule has 0 aliphatic rings. The topological polar surface area (TPSA) is 44.1 Å². The molecule has 0 fully saturated rings. The number of nitrogens with zero attached hydrogens (tertiary/aromatic N) is 2. The normalized spacial score (nSPS) is 11.9. The van der Waals surface area contributed by atoms with Crippen LogP contribution in [0.15, 0.2) is 16.6 Å². The van der Waals surface area contributed by atoms with Crippen molar-refractivity contribution >= 4 is 32.9 Å². The van der Waals surface area contributed by atoms with E-state index in [2.05, 4.69) is 20.9 Å². The smallest absolute Gasteiger partial charge is 0.308 e. The maximum absolute atomic E-state index is 13.4. The van der Waals surface area contributed by atoms with Crippen LogP contribution >= 0.6 is 15.9 Å². The molecule has 0 bridgehead atoms. The lowest BCUT2D eigenvalue weighted by Crippen LogP contribution is -2.24. The van der Waals surface area contributed by atoms with Gasteiger partial charge in [-0.25, -0.2) is 9.37 Å². The van der Waals surface area contributed by atoms with Crippen molar-refractivity contribution < 1.29 is 13.9 Å². The molecule has 0 saturated heterocycles. The zero-order valence-corrected chi connectivity index (χ0v) is 14.1. The van der Waals surface area contributed by atoms with Crippen molar-refractivity contribution in [2.75, 3.05) is 0 Å². The van der Waals surface area contributed by atoms with Gasteiger partial charge in [0.1, 0.15) is 17.2 Å². The van der Waals surface area contributed by atoms with Gasteiger partial charge >= 0.3 is 5.97 Å². The standard InChI is InChI=1S/C15H18BrFN2O2/c1-9-18-12-8-10(17)7-11(16)14(12)19(9)6-5-13(20)21-15(2,3)4/h7-8H,5-6H2,1-4H3. The summed E-state index contributed by atoms with van der Waals surface area (Å²) >= 11 is 3.35. The molecule has 2 aromatic rings. The average Bonchev–Trinajstić information content (AvgIpc) is 2.60. The molecule has 0 unspecified atom stereocenters. The summed E-state index contributed by atoms with van der Waals surface area (Å²) in [5, 5.41) is 0. The Balaban J connectivity index is 2.23. The minimum absolute atomic E-state index is 0.243. The molecule has 21 heavy (non-hydrogen) atoms. The van der Waals surface area contributed by atoms with Gasteiger partial charge in [0.2, 0.25) is 0 Å². The summed E-state index contributed by atoms with van der Waals surface area (Å²) in [6.45, 7) is 7.79. The number of ether oxygens (including phenoxy) is 1. The number of hydrogen-bond donors (Lipinski definition) is 0. The molecular formula is C15H18BrFN2O2. The van der Waals surface area contributed by atoms with E-state index < -0.39 is 5.60 Å². The molecule has 1 aromatic heterocycles. The second-order valence-electron chi connectivity index (χ2n) is 5.90. The van der Waals surface area contributed by atoms with Gasteiger partial charge in [0.15, 0.2) is 0 Å². The number of imidazole rings is 1. The number of rotatable bonds is 3. The minimum atomic E-state index is -0.493. The predicted molar refractivity (Wildman–Crippen MR) is 82.6 cm³/mol. The third kappa shape index (κ3) is 3.81. The first kappa shape index (κ1) is 15.9. The van der Waals surface area contributed by atoms with Gasteiger partial charge in [0, 0.05) is 17.1 Å². The minimum Gasteiger partial charge on any atom is -0.460 e. The molecule has 6 heteroatoms. The quantitative estimate of drug-likeness (QED) is 0.781. The van der Waals surface area contributed by atoms with Gasteiger partial charge in [0.05, 0.1) is 17.5 Å². The van der Waals surface area contributed by atoms with Crippen LogP contribution in [-0.2, 0) is 16.1 Å². The molecule has 0 saturated carbocycles. The van der Waals surface area contributed by atoms with Crippen LogP contribution in [0.5, 0.6) is 0 Å². The number of esters is 1. The lowest BCUT2D eigenvalue weighted by molar-refractivity contribution is -0.155. The molecule has 0 radical (unpaired) electrons. The van der Waals surface area contributed by atoms with Crippen molar-refractivity contribution in [2.45, 2.75) is 46.3 Å². The maximum Gasteiger partial charge on any atom is 0.308 e. The first-order chi connectivity index (χ1) is 9.67. The number of fused-ring (bicyclic) bond motifs is 1. The second-order valence-corrected chi connectivity index (χ2v) is 6.76. The van der Waals surface area contributed by atoms with Crippen molar-refractivity contribution in [3.63, 3.8) is 0 Å². The number of hydrogen-bond acceptors (Lipinski definition) is 3. The highest BCUT2D eigenvalue weighted by Crippen LogP contribution is 2.26. The summed E-state index contributed by atoms with van der Waals surface area (Å²) in [4.78, 5) is 16.1. The van der Waals surface area contributed by atoms with Crippen LogP contribution in [-0.4, -0.2) is 21.1 Å². The highest BCUT2D eigenvalue weighted by atomic mass is 79.9. The van der Waals surface area contributed by atoms with E-state index in [0.717, 1.165) is 11.3 Å². The zero-order chi connectivity index (χ0) is 15.8. The van der Waals surface area contributed by atoms with Gasteiger partial charge in [-0.2, -0.15) is 0 Å². The van der Waals surface area contributed by atoms with Gasteiger partial charge in [0.25, 0.3) is 0 Å². The Hall–Kier alpha value is -1.43. The van der Waals surface area contributed by atoms with Gasteiger partial charge in [-0.05, 0) is 49.7 Å². The zero-order valence-electron chi connectivity index (χ0n) is 12.5. The molecule has 0 aliphatic heterocycles. The SMILES string of the molecule is Cc1nc2cc(F)cc(Br)c2n1CCC(=O)OC(C)(C)C. The molecule has 114 valence electrons. The van der Waals surface area contributed by atoms with Gasteiger partial charge in [-0.1, -0.05) is 0 Å². The Morgan fingerprint density at radius 1 is 1.43 bits per heavy atom. The van der Waals surface area contributed by atoms with E-state index in [4.69, 9.17) is 4.74 Å².